The van der Waals surface area contributed by atoms with Gasteiger partial charge in [0.25, 0.3) is 5.91 Å². The average Bonchev–Trinajstić information content (AvgIpc) is 3.76. The molecule has 4 heterocycles. The van der Waals surface area contributed by atoms with E-state index in [0.717, 1.165) is 52.5 Å². The number of aromatic nitrogens is 3. The molecule has 3 aromatic carbocycles. The lowest BCUT2D eigenvalue weighted by Gasteiger charge is -2.32. The zero-order chi connectivity index (χ0) is 29.3. The molecule has 0 atom stereocenters. The van der Waals surface area contributed by atoms with Gasteiger partial charge < -0.3 is 19.4 Å². The summed E-state index contributed by atoms with van der Waals surface area (Å²) in [5.41, 5.74) is 5.73. The molecule has 0 saturated carbocycles. The van der Waals surface area contributed by atoms with Crippen LogP contribution in [-0.4, -0.2) is 50.1 Å². The highest BCUT2D eigenvalue weighted by Crippen LogP contribution is 2.33. The fraction of sp³-hybridized carbons (Fsp3) is 0.303. The first-order valence-corrected chi connectivity index (χ1v) is 15.5. The molecular weight excluding hydrogens is 562 g/mol. The molecule has 5 aromatic rings. The second-order valence-electron chi connectivity index (χ2n) is 11.3. The highest BCUT2D eigenvalue weighted by Gasteiger charge is 2.28. The number of carbonyl (C=O) groups is 1. The molecule has 1 N–H and O–H groups in total. The van der Waals surface area contributed by atoms with Crippen molar-refractivity contribution in [1.82, 2.24) is 24.3 Å². The Morgan fingerprint density at radius 3 is 2.56 bits per heavy atom. The number of H-pyrrole nitrogens is 1. The Morgan fingerprint density at radius 1 is 0.977 bits per heavy atom. The summed E-state index contributed by atoms with van der Waals surface area (Å²) in [7, 11) is 0. The van der Waals surface area contributed by atoms with Gasteiger partial charge in [-0.05, 0) is 55.2 Å². The van der Waals surface area contributed by atoms with Crippen molar-refractivity contribution in [3.63, 3.8) is 0 Å². The summed E-state index contributed by atoms with van der Waals surface area (Å²) in [5, 5.41) is 2.77. The summed E-state index contributed by atoms with van der Waals surface area (Å²) in [5.74, 6) is 1.50. The van der Waals surface area contributed by atoms with Gasteiger partial charge >= 0.3 is 5.69 Å². The Hall–Kier alpha value is -4.41. The predicted molar refractivity (Wildman–Crippen MR) is 166 cm³/mol. The molecule has 0 aliphatic carbocycles. The van der Waals surface area contributed by atoms with E-state index in [1.54, 1.807) is 0 Å². The number of hydrogen-bond donors (Lipinski definition) is 1. The number of nitrogens with one attached hydrogen (secondary N) is 1. The van der Waals surface area contributed by atoms with Gasteiger partial charge in [0.05, 0.1) is 17.6 Å². The fourth-order valence-corrected chi connectivity index (χ4v) is 6.83. The van der Waals surface area contributed by atoms with Crippen molar-refractivity contribution in [3.8, 4) is 11.5 Å². The maximum absolute atomic E-state index is 13.4. The van der Waals surface area contributed by atoms with E-state index in [-0.39, 0.29) is 24.4 Å². The number of para-hydroxylation sites is 2. The van der Waals surface area contributed by atoms with Crippen molar-refractivity contribution in [2.75, 3.05) is 19.9 Å². The number of aromatic amines is 1. The number of benzene rings is 3. The Bertz CT molecular complexity index is 1820. The first-order chi connectivity index (χ1) is 21.0. The van der Waals surface area contributed by atoms with Gasteiger partial charge in [-0.15, -0.1) is 11.3 Å². The molecule has 0 bridgehead atoms. The second-order valence-corrected chi connectivity index (χ2v) is 12.2. The van der Waals surface area contributed by atoms with Gasteiger partial charge in [-0.25, -0.2) is 9.78 Å². The molecule has 0 unspecified atom stereocenters. The maximum Gasteiger partial charge on any atom is 0.326 e. The van der Waals surface area contributed by atoms with Gasteiger partial charge in [-0.3, -0.25) is 14.3 Å². The zero-order valence-electron chi connectivity index (χ0n) is 24.0. The van der Waals surface area contributed by atoms with Crippen LogP contribution in [0.15, 0.2) is 76.9 Å². The molecule has 2 aromatic heterocycles. The van der Waals surface area contributed by atoms with Crippen molar-refractivity contribution >= 4 is 28.3 Å². The largest absolute Gasteiger partial charge is 0.454 e. The number of nitrogens with zero attached hydrogens (tertiary/aromatic N) is 4. The van der Waals surface area contributed by atoms with Crippen LogP contribution in [0.1, 0.15) is 51.1 Å². The summed E-state index contributed by atoms with van der Waals surface area (Å²) in [6.07, 6.45) is 1.45. The first-order valence-electron chi connectivity index (χ1n) is 14.6. The van der Waals surface area contributed by atoms with Crippen LogP contribution in [0.25, 0.3) is 11.0 Å². The maximum atomic E-state index is 13.4. The van der Waals surface area contributed by atoms with Gasteiger partial charge in [0, 0.05) is 37.6 Å². The quantitative estimate of drug-likeness (QED) is 0.255. The van der Waals surface area contributed by atoms with Crippen LogP contribution in [0.5, 0.6) is 11.5 Å². The third-order valence-corrected chi connectivity index (χ3v) is 9.07. The number of carbonyl (C=O) groups excluding carboxylic acids is 1. The minimum absolute atomic E-state index is 0.0481. The van der Waals surface area contributed by atoms with Crippen LogP contribution in [0.4, 0.5) is 0 Å². The molecule has 0 spiro atoms. The number of imidazole rings is 1. The zero-order valence-corrected chi connectivity index (χ0v) is 24.8. The number of aryl methyl sites for hydroxylation is 1. The van der Waals surface area contributed by atoms with Crippen LogP contribution >= 0.6 is 11.3 Å². The van der Waals surface area contributed by atoms with Crippen molar-refractivity contribution in [1.29, 1.82) is 0 Å². The predicted octanol–water partition coefficient (Wildman–Crippen LogP) is 5.50. The van der Waals surface area contributed by atoms with Crippen molar-refractivity contribution in [2.24, 2.45) is 0 Å². The molecule has 220 valence electrons. The molecule has 1 fully saturated rings. The van der Waals surface area contributed by atoms with E-state index in [2.05, 4.69) is 47.1 Å². The normalized spacial score (nSPS) is 15.1. The van der Waals surface area contributed by atoms with E-state index >= 15 is 0 Å². The van der Waals surface area contributed by atoms with E-state index < -0.39 is 0 Å². The van der Waals surface area contributed by atoms with Crippen molar-refractivity contribution in [3.05, 3.63) is 110 Å². The summed E-state index contributed by atoms with van der Waals surface area (Å²) in [6, 6.07) is 22.5. The third kappa shape index (κ3) is 5.80. The molecule has 9 nitrogen and oxygen atoms in total. The number of fused-ring (bicyclic) bond motifs is 2. The number of piperidine rings is 1. The highest BCUT2D eigenvalue weighted by atomic mass is 32.1. The highest BCUT2D eigenvalue weighted by molar-refractivity contribution is 7.09. The molecule has 7 rings (SSSR count). The SMILES string of the molecule is Cc1ccc(CN(Cc2ccc3c(c2)OCO3)Cc2nc(C(=O)N3CCC(n4c(=O)[nH]c5ccccc54)CC3)cs2)cc1. The third-order valence-electron chi connectivity index (χ3n) is 8.24. The molecule has 2 aliphatic heterocycles. The minimum atomic E-state index is -0.0916. The molecule has 0 radical (unpaired) electrons. The second kappa shape index (κ2) is 11.7. The standard InChI is InChI=1S/C33H33N5O4S/c1-22-6-8-23(9-7-22)17-36(18-24-10-11-29-30(16-24)42-21-41-29)19-31-34-27(20-43-31)32(39)37-14-12-25(13-15-37)38-28-5-3-2-4-26(28)35-33(38)40/h2-11,16,20,25H,12-15,17-19,21H2,1H3,(H,35,40). The van der Waals surface area contributed by atoms with Crippen LogP contribution in [0.2, 0.25) is 0 Å². The van der Waals surface area contributed by atoms with Crippen molar-refractivity contribution < 1.29 is 14.3 Å². The van der Waals surface area contributed by atoms with Gasteiger partial charge in [-0.1, -0.05) is 48.0 Å². The smallest absolute Gasteiger partial charge is 0.326 e. The fourth-order valence-electron chi connectivity index (χ4n) is 6.02. The van der Waals surface area contributed by atoms with E-state index in [4.69, 9.17) is 14.5 Å². The Kier molecular flexibility index (Phi) is 7.46. The minimum Gasteiger partial charge on any atom is -0.454 e. The van der Waals surface area contributed by atoms with Gasteiger partial charge in [0.1, 0.15) is 10.7 Å². The van der Waals surface area contributed by atoms with E-state index in [0.29, 0.717) is 31.9 Å². The van der Waals surface area contributed by atoms with Crippen LogP contribution in [0, 0.1) is 6.92 Å². The Morgan fingerprint density at radius 2 is 1.72 bits per heavy atom. The summed E-state index contributed by atoms with van der Waals surface area (Å²) >= 11 is 1.52. The molecular formula is C33H33N5O4S. The van der Waals surface area contributed by atoms with Crippen LogP contribution < -0.4 is 15.2 Å². The van der Waals surface area contributed by atoms with Gasteiger partial charge in [0.15, 0.2) is 11.5 Å². The van der Waals surface area contributed by atoms with Crippen LogP contribution in [-0.2, 0) is 19.6 Å². The lowest BCUT2D eigenvalue weighted by Crippen LogP contribution is -2.40. The molecule has 43 heavy (non-hydrogen) atoms. The monoisotopic (exact) mass is 595 g/mol. The van der Waals surface area contributed by atoms with Crippen molar-refractivity contribution in [2.45, 2.75) is 45.4 Å². The van der Waals surface area contributed by atoms with E-state index in [9.17, 15) is 9.59 Å². The number of rotatable bonds is 8. The lowest BCUT2D eigenvalue weighted by molar-refractivity contribution is 0.0689. The van der Waals surface area contributed by atoms with E-state index in [1.165, 1.54) is 22.5 Å². The van der Waals surface area contributed by atoms with E-state index in [1.807, 2.05) is 51.2 Å². The number of thiazole rings is 1. The average molecular weight is 596 g/mol. The molecule has 2 aliphatic rings. The summed E-state index contributed by atoms with van der Waals surface area (Å²) in [6.45, 7) is 5.59. The summed E-state index contributed by atoms with van der Waals surface area (Å²) < 4.78 is 12.9. The molecule has 1 amide bonds. The topological polar surface area (TPSA) is 92.7 Å². The number of ether oxygens (including phenoxy) is 2. The molecule has 1 saturated heterocycles. The number of hydrogen-bond acceptors (Lipinski definition) is 7. The number of amides is 1. The Labute approximate surface area is 253 Å². The van der Waals surface area contributed by atoms with Gasteiger partial charge in [-0.2, -0.15) is 0 Å². The molecule has 10 heteroatoms. The van der Waals surface area contributed by atoms with Crippen LogP contribution in [0.3, 0.4) is 0 Å². The van der Waals surface area contributed by atoms with Gasteiger partial charge in [0.2, 0.25) is 6.79 Å². The Balaban J connectivity index is 1.03. The first kappa shape index (κ1) is 27.4. The number of likely N-dealkylation sites (tertiary alicyclic amines) is 1. The lowest BCUT2D eigenvalue weighted by atomic mass is 10.0. The summed E-state index contributed by atoms with van der Waals surface area (Å²) in [4.78, 5) is 38.0.